The van der Waals surface area contributed by atoms with Crippen molar-refractivity contribution in [2.24, 2.45) is 5.92 Å². The SMILES string of the molecule is O=C(OCC1c2ccccc2-c2ccccc21)N1CCCC(C(F)(F)C(=O)O)C1. The highest BCUT2D eigenvalue weighted by molar-refractivity contribution is 5.79. The normalized spacial score (nSPS) is 18.8. The summed E-state index contributed by atoms with van der Waals surface area (Å²) in [5.74, 6) is -7.54. The van der Waals surface area contributed by atoms with E-state index in [9.17, 15) is 18.4 Å². The molecule has 0 bridgehead atoms. The molecule has 2 aliphatic rings. The monoisotopic (exact) mass is 401 g/mol. The van der Waals surface area contributed by atoms with E-state index in [1.54, 1.807) is 0 Å². The Morgan fingerprint density at radius 2 is 1.66 bits per heavy atom. The van der Waals surface area contributed by atoms with Crippen molar-refractivity contribution in [2.75, 3.05) is 19.7 Å². The molecule has 29 heavy (non-hydrogen) atoms. The van der Waals surface area contributed by atoms with Crippen molar-refractivity contribution in [1.29, 1.82) is 0 Å². The maximum Gasteiger partial charge on any atom is 0.409 e. The molecule has 1 aliphatic heterocycles. The van der Waals surface area contributed by atoms with Crippen LogP contribution in [-0.4, -0.2) is 47.7 Å². The number of halogens is 2. The van der Waals surface area contributed by atoms with Gasteiger partial charge in [-0.1, -0.05) is 48.5 Å². The Labute approximate surface area is 166 Å². The van der Waals surface area contributed by atoms with Crippen LogP contribution in [0.25, 0.3) is 11.1 Å². The number of carboxylic acid groups (broad SMARTS) is 1. The Morgan fingerprint density at radius 3 is 2.24 bits per heavy atom. The number of alkyl halides is 2. The highest BCUT2D eigenvalue weighted by Gasteiger charge is 2.49. The van der Waals surface area contributed by atoms with Crippen molar-refractivity contribution in [1.82, 2.24) is 4.90 Å². The maximum atomic E-state index is 13.9. The summed E-state index contributed by atoms with van der Waals surface area (Å²) in [4.78, 5) is 24.6. The number of fused-ring (bicyclic) bond motifs is 3. The molecule has 0 aromatic heterocycles. The molecular formula is C22H21F2NO4. The quantitative estimate of drug-likeness (QED) is 0.826. The van der Waals surface area contributed by atoms with E-state index in [2.05, 4.69) is 0 Å². The van der Waals surface area contributed by atoms with Gasteiger partial charge in [0, 0.05) is 19.0 Å². The molecule has 5 nitrogen and oxygen atoms in total. The van der Waals surface area contributed by atoms with E-state index >= 15 is 0 Å². The van der Waals surface area contributed by atoms with Crippen molar-refractivity contribution in [3.05, 3.63) is 59.7 Å². The standard InChI is InChI=1S/C22H21F2NO4/c23-22(24,20(26)27)14-6-5-11-25(12-14)21(28)29-13-19-17-9-3-1-7-15(17)16-8-2-4-10-18(16)19/h1-4,7-10,14,19H,5-6,11-13H2,(H,26,27). The third-order valence-corrected chi connectivity index (χ3v) is 5.81. The average Bonchev–Trinajstić information content (AvgIpc) is 3.06. The number of carbonyl (C=O) groups excluding carboxylic acids is 1. The largest absolute Gasteiger partial charge is 0.477 e. The molecule has 1 unspecified atom stereocenters. The number of rotatable bonds is 4. The predicted octanol–water partition coefficient (Wildman–Crippen LogP) is 4.37. The molecule has 1 atom stereocenters. The second-order valence-corrected chi connectivity index (χ2v) is 7.52. The fourth-order valence-corrected chi connectivity index (χ4v) is 4.30. The van der Waals surface area contributed by atoms with Crippen LogP contribution in [0.5, 0.6) is 0 Å². The molecular weight excluding hydrogens is 380 g/mol. The second kappa shape index (κ2) is 7.46. The summed E-state index contributed by atoms with van der Waals surface area (Å²) < 4.78 is 33.2. The van der Waals surface area contributed by atoms with Crippen molar-refractivity contribution < 1.29 is 28.2 Å². The Hall–Kier alpha value is -2.96. The number of amides is 1. The number of hydrogen-bond acceptors (Lipinski definition) is 3. The van der Waals surface area contributed by atoms with E-state index in [0.29, 0.717) is 6.42 Å². The Kier molecular flexibility index (Phi) is 4.98. The predicted molar refractivity (Wildman–Crippen MR) is 102 cm³/mol. The zero-order chi connectivity index (χ0) is 20.6. The lowest BCUT2D eigenvalue weighted by atomic mass is 9.92. The summed E-state index contributed by atoms with van der Waals surface area (Å²) in [6.45, 7) is 0.0577. The molecule has 4 rings (SSSR count). The van der Waals surface area contributed by atoms with Crippen LogP contribution < -0.4 is 0 Å². The van der Waals surface area contributed by atoms with Gasteiger partial charge in [-0.25, -0.2) is 9.59 Å². The summed E-state index contributed by atoms with van der Waals surface area (Å²) in [7, 11) is 0. The Balaban J connectivity index is 1.46. The molecule has 2 aromatic carbocycles. The minimum absolute atomic E-state index is 0.0620. The van der Waals surface area contributed by atoms with E-state index in [4.69, 9.17) is 9.84 Å². The lowest BCUT2D eigenvalue weighted by Crippen LogP contribution is -2.49. The molecule has 0 saturated carbocycles. The van der Waals surface area contributed by atoms with Gasteiger partial charge in [-0.2, -0.15) is 8.78 Å². The third-order valence-electron chi connectivity index (χ3n) is 5.81. The first-order valence-corrected chi connectivity index (χ1v) is 9.60. The van der Waals surface area contributed by atoms with E-state index in [0.717, 1.165) is 22.3 Å². The van der Waals surface area contributed by atoms with Crippen LogP contribution in [0.1, 0.15) is 29.9 Å². The highest BCUT2D eigenvalue weighted by atomic mass is 19.3. The summed E-state index contributed by atoms with van der Waals surface area (Å²) in [5, 5.41) is 8.77. The molecule has 1 saturated heterocycles. The molecule has 2 aromatic rings. The van der Waals surface area contributed by atoms with Crippen LogP contribution >= 0.6 is 0 Å². The van der Waals surface area contributed by atoms with Gasteiger partial charge >= 0.3 is 18.0 Å². The van der Waals surface area contributed by atoms with Gasteiger partial charge in [0.2, 0.25) is 0 Å². The minimum Gasteiger partial charge on any atom is -0.477 e. The zero-order valence-electron chi connectivity index (χ0n) is 15.7. The highest BCUT2D eigenvalue weighted by Crippen LogP contribution is 2.44. The molecule has 152 valence electrons. The van der Waals surface area contributed by atoms with Crippen molar-refractivity contribution >= 4 is 12.1 Å². The van der Waals surface area contributed by atoms with Crippen LogP contribution in [-0.2, 0) is 9.53 Å². The lowest BCUT2D eigenvalue weighted by Gasteiger charge is -2.34. The zero-order valence-corrected chi connectivity index (χ0v) is 15.7. The van der Waals surface area contributed by atoms with Gasteiger partial charge in [-0.15, -0.1) is 0 Å². The number of piperidine rings is 1. The third kappa shape index (κ3) is 3.45. The van der Waals surface area contributed by atoms with Crippen molar-refractivity contribution in [2.45, 2.75) is 24.7 Å². The van der Waals surface area contributed by atoms with Crippen LogP contribution in [0, 0.1) is 5.92 Å². The van der Waals surface area contributed by atoms with Gasteiger partial charge in [-0.05, 0) is 35.1 Å². The minimum atomic E-state index is -3.86. The maximum absolute atomic E-state index is 13.9. The lowest BCUT2D eigenvalue weighted by molar-refractivity contribution is -0.176. The first-order chi connectivity index (χ1) is 13.9. The average molecular weight is 401 g/mol. The Morgan fingerprint density at radius 1 is 1.07 bits per heavy atom. The summed E-state index contributed by atoms with van der Waals surface area (Å²) in [6.07, 6.45) is -0.303. The van der Waals surface area contributed by atoms with Gasteiger partial charge in [-0.3, -0.25) is 0 Å². The number of carboxylic acids is 1. The fraction of sp³-hybridized carbons (Fsp3) is 0.364. The van der Waals surface area contributed by atoms with Gasteiger partial charge < -0.3 is 14.7 Å². The van der Waals surface area contributed by atoms with E-state index in [-0.39, 0.29) is 32.0 Å². The molecule has 7 heteroatoms. The number of carbonyl (C=O) groups is 2. The number of hydrogen-bond donors (Lipinski definition) is 1. The number of nitrogens with zero attached hydrogens (tertiary/aromatic N) is 1. The molecule has 1 amide bonds. The Bertz CT molecular complexity index is 900. The number of benzene rings is 2. The number of likely N-dealkylation sites (tertiary alicyclic amines) is 1. The van der Waals surface area contributed by atoms with Crippen molar-refractivity contribution in [3.8, 4) is 11.1 Å². The van der Waals surface area contributed by atoms with Crippen molar-refractivity contribution in [3.63, 3.8) is 0 Å². The molecule has 0 radical (unpaired) electrons. The first-order valence-electron chi connectivity index (χ1n) is 9.60. The van der Waals surface area contributed by atoms with Crippen LogP contribution in [0.4, 0.5) is 13.6 Å². The molecule has 0 spiro atoms. The van der Waals surface area contributed by atoms with Gasteiger partial charge in [0.15, 0.2) is 0 Å². The van der Waals surface area contributed by atoms with Gasteiger partial charge in [0.1, 0.15) is 6.61 Å². The summed E-state index contributed by atoms with van der Waals surface area (Å²) >= 11 is 0. The molecule has 1 fully saturated rings. The fourth-order valence-electron chi connectivity index (χ4n) is 4.30. The second-order valence-electron chi connectivity index (χ2n) is 7.52. The number of ether oxygens (including phenoxy) is 1. The molecule has 1 aliphatic carbocycles. The van der Waals surface area contributed by atoms with Crippen LogP contribution in [0.2, 0.25) is 0 Å². The summed E-state index contributed by atoms with van der Waals surface area (Å²) in [6, 6.07) is 15.8. The molecule has 1 N–H and O–H groups in total. The van der Waals surface area contributed by atoms with Gasteiger partial charge in [0.05, 0.1) is 5.92 Å². The van der Waals surface area contributed by atoms with Gasteiger partial charge in [0.25, 0.3) is 0 Å². The van der Waals surface area contributed by atoms with E-state index < -0.39 is 23.9 Å². The smallest absolute Gasteiger partial charge is 0.409 e. The molecule has 1 heterocycles. The first kappa shape index (κ1) is 19.4. The number of aliphatic carboxylic acids is 1. The summed E-state index contributed by atoms with van der Waals surface area (Å²) in [5.41, 5.74) is 4.33. The van der Waals surface area contributed by atoms with Crippen LogP contribution in [0.15, 0.2) is 48.5 Å². The van der Waals surface area contributed by atoms with E-state index in [1.807, 2.05) is 48.5 Å². The van der Waals surface area contributed by atoms with E-state index in [1.165, 1.54) is 4.90 Å². The van der Waals surface area contributed by atoms with Crippen LogP contribution in [0.3, 0.4) is 0 Å². The topological polar surface area (TPSA) is 66.8 Å².